The molecule has 1 aliphatic heterocycles. The second kappa shape index (κ2) is 2.79. The van der Waals surface area contributed by atoms with Gasteiger partial charge in [0.25, 0.3) is 0 Å². The number of benzene rings is 1. The first kappa shape index (κ1) is 7.61. The Morgan fingerprint density at radius 2 is 2.33 bits per heavy atom. The van der Waals surface area contributed by atoms with Crippen LogP contribution in [0.5, 0.6) is 0 Å². The van der Waals surface area contributed by atoms with Crippen molar-refractivity contribution < 1.29 is 4.39 Å². The van der Waals surface area contributed by atoms with Crippen molar-refractivity contribution in [2.45, 2.75) is 11.8 Å². The van der Waals surface area contributed by atoms with Crippen molar-refractivity contribution in [3.05, 3.63) is 24.0 Å². The number of nitrogens with one attached hydrogen (secondary N) is 1. The highest BCUT2D eigenvalue weighted by atomic mass is 32.2. The van der Waals surface area contributed by atoms with Crippen LogP contribution in [0.25, 0.3) is 0 Å². The number of aliphatic imine (C=N–C) groups is 1. The van der Waals surface area contributed by atoms with Gasteiger partial charge in [0, 0.05) is 0 Å². The molecule has 0 radical (unpaired) electrons. The van der Waals surface area contributed by atoms with Gasteiger partial charge in [0.1, 0.15) is 11.7 Å². The summed E-state index contributed by atoms with van der Waals surface area (Å²) in [6.45, 7) is 1.87. The van der Waals surface area contributed by atoms with Gasteiger partial charge in [0.15, 0.2) is 0 Å². The summed E-state index contributed by atoms with van der Waals surface area (Å²) < 4.78 is 15.7. The van der Waals surface area contributed by atoms with Crippen molar-refractivity contribution >= 4 is 23.5 Å². The van der Waals surface area contributed by atoms with Crippen molar-refractivity contribution in [3.63, 3.8) is 0 Å². The van der Waals surface area contributed by atoms with E-state index in [9.17, 15) is 4.39 Å². The van der Waals surface area contributed by atoms with Gasteiger partial charge in [0.05, 0.1) is 10.6 Å². The molecule has 0 atom stereocenters. The summed E-state index contributed by atoms with van der Waals surface area (Å²) in [6, 6.07) is 4.58. The maximum atomic E-state index is 12.7. The second-order valence-electron chi connectivity index (χ2n) is 2.51. The van der Waals surface area contributed by atoms with Crippen LogP contribution in [-0.4, -0.2) is 5.84 Å². The number of hydrogen-bond acceptors (Lipinski definition) is 3. The number of rotatable bonds is 0. The Bertz CT molecular complexity index is 349. The zero-order chi connectivity index (χ0) is 8.55. The fourth-order valence-corrected chi connectivity index (χ4v) is 1.69. The summed E-state index contributed by atoms with van der Waals surface area (Å²) in [4.78, 5) is 5.04. The Hall–Kier alpha value is -1.03. The molecule has 1 heterocycles. The molecule has 0 amide bonds. The van der Waals surface area contributed by atoms with E-state index in [1.54, 1.807) is 6.07 Å². The fraction of sp³-hybridized carbons (Fsp3) is 0.125. The second-order valence-corrected chi connectivity index (χ2v) is 3.36. The number of halogens is 1. The zero-order valence-electron chi connectivity index (χ0n) is 6.47. The van der Waals surface area contributed by atoms with Crippen molar-refractivity contribution in [1.29, 1.82) is 0 Å². The van der Waals surface area contributed by atoms with Crippen LogP contribution in [0, 0.1) is 5.82 Å². The molecule has 4 heteroatoms. The molecule has 1 N–H and O–H groups in total. The maximum absolute atomic E-state index is 12.7. The van der Waals surface area contributed by atoms with E-state index in [2.05, 4.69) is 9.71 Å². The smallest absolute Gasteiger partial charge is 0.124 e. The van der Waals surface area contributed by atoms with Gasteiger partial charge in [0.2, 0.25) is 0 Å². The molecule has 0 saturated carbocycles. The van der Waals surface area contributed by atoms with E-state index in [0.717, 1.165) is 16.4 Å². The van der Waals surface area contributed by atoms with E-state index in [-0.39, 0.29) is 5.82 Å². The maximum Gasteiger partial charge on any atom is 0.124 e. The molecule has 2 nitrogen and oxygen atoms in total. The average molecular weight is 182 g/mol. The molecule has 1 aromatic rings. The lowest BCUT2D eigenvalue weighted by Crippen LogP contribution is -2.13. The molecular formula is C8H7FN2S. The predicted octanol–water partition coefficient (Wildman–Crippen LogP) is 2.49. The molecule has 1 aromatic carbocycles. The topological polar surface area (TPSA) is 24.4 Å². The minimum atomic E-state index is -0.224. The Morgan fingerprint density at radius 1 is 1.50 bits per heavy atom. The van der Waals surface area contributed by atoms with Gasteiger partial charge in [-0.1, -0.05) is 0 Å². The van der Waals surface area contributed by atoms with Crippen molar-refractivity contribution in [2.75, 3.05) is 0 Å². The molecule has 0 bridgehead atoms. The Morgan fingerprint density at radius 3 is 3.17 bits per heavy atom. The van der Waals surface area contributed by atoms with Crippen LogP contribution in [0.4, 0.5) is 10.1 Å². The number of hydrogen-bond donors (Lipinski definition) is 1. The molecule has 0 aliphatic carbocycles. The third kappa shape index (κ3) is 1.30. The fourth-order valence-electron chi connectivity index (χ4n) is 0.994. The highest BCUT2D eigenvalue weighted by Crippen LogP contribution is 2.31. The van der Waals surface area contributed by atoms with E-state index in [1.807, 2.05) is 6.92 Å². The minimum absolute atomic E-state index is 0.224. The molecular weight excluding hydrogens is 175 g/mol. The summed E-state index contributed by atoms with van der Waals surface area (Å²) >= 11 is 1.39. The van der Waals surface area contributed by atoms with E-state index >= 15 is 0 Å². The predicted molar refractivity (Wildman–Crippen MR) is 48.2 cm³/mol. The van der Waals surface area contributed by atoms with Gasteiger partial charge >= 0.3 is 0 Å². The lowest BCUT2D eigenvalue weighted by atomic mass is 10.3. The number of fused-ring (bicyclic) bond motifs is 1. The van der Waals surface area contributed by atoms with Gasteiger partial charge in [-0.25, -0.2) is 9.38 Å². The minimum Gasteiger partial charge on any atom is -0.314 e. The van der Waals surface area contributed by atoms with Crippen LogP contribution in [-0.2, 0) is 0 Å². The summed E-state index contributed by atoms with van der Waals surface area (Å²) in [5.41, 5.74) is 0.831. The number of nitrogens with zero attached hydrogens (tertiary/aromatic N) is 1. The normalized spacial score (nSPS) is 14.7. The van der Waals surface area contributed by atoms with Crippen LogP contribution in [0.1, 0.15) is 6.92 Å². The Balaban J connectivity index is 2.51. The molecule has 0 saturated heterocycles. The van der Waals surface area contributed by atoms with Gasteiger partial charge < -0.3 is 4.72 Å². The molecule has 12 heavy (non-hydrogen) atoms. The Labute approximate surface area is 74.0 Å². The number of amidine groups is 1. The van der Waals surface area contributed by atoms with Crippen LogP contribution < -0.4 is 4.72 Å². The van der Waals surface area contributed by atoms with Crippen molar-refractivity contribution in [1.82, 2.24) is 4.72 Å². The summed E-state index contributed by atoms with van der Waals surface area (Å²) in [5.74, 6) is 0.622. The van der Waals surface area contributed by atoms with E-state index < -0.39 is 0 Å². The van der Waals surface area contributed by atoms with Crippen LogP contribution in [0.3, 0.4) is 0 Å². The van der Waals surface area contributed by atoms with Crippen LogP contribution in [0.2, 0.25) is 0 Å². The molecule has 0 fully saturated rings. The largest absolute Gasteiger partial charge is 0.314 e. The standard InChI is InChI=1S/C8H7FN2S/c1-5-10-7-3-2-6(9)4-8(7)12-11-5/h2-4H,1H3,(H,10,11). The zero-order valence-corrected chi connectivity index (χ0v) is 7.28. The lowest BCUT2D eigenvalue weighted by Gasteiger charge is -2.13. The molecule has 1 aliphatic rings. The van der Waals surface area contributed by atoms with Gasteiger partial charge in [-0.2, -0.15) is 0 Å². The molecule has 62 valence electrons. The van der Waals surface area contributed by atoms with E-state index in [4.69, 9.17) is 0 Å². The van der Waals surface area contributed by atoms with Crippen LogP contribution >= 0.6 is 11.9 Å². The third-order valence-corrected chi connectivity index (χ3v) is 2.46. The first-order chi connectivity index (χ1) is 5.75. The lowest BCUT2D eigenvalue weighted by molar-refractivity contribution is 0.624. The first-order valence-corrected chi connectivity index (χ1v) is 4.35. The summed E-state index contributed by atoms with van der Waals surface area (Å²) in [5, 5.41) is 0. The van der Waals surface area contributed by atoms with Gasteiger partial charge in [-0.05, 0) is 37.1 Å². The van der Waals surface area contributed by atoms with E-state index in [1.165, 1.54) is 24.1 Å². The molecule has 0 aromatic heterocycles. The summed E-state index contributed by atoms with van der Waals surface area (Å²) in [6.07, 6.45) is 0. The highest BCUT2D eigenvalue weighted by molar-refractivity contribution is 7.98. The highest BCUT2D eigenvalue weighted by Gasteiger charge is 2.09. The first-order valence-electron chi connectivity index (χ1n) is 3.53. The van der Waals surface area contributed by atoms with Crippen molar-refractivity contribution in [3.8, 4) is 0 Å². The van der Waals surface area contributed by atoms with E-state index in [0.29, 0.717) is 0 Å². The SMILES string of the molecule is CC1=Nc2ccc(F)cc2SN1. The van der Waals surface area contributed by atoms with Gasteiger partial charge in [-0.3, -0.25) is 0 Å². The Kier molecular flexibility index (Phi) is 1.77. The quantitative estimate of drug-likeness (QED) is 0.623. The van der Waals surface area contributed by atoms with Crippen molar-refractivity contribution in [2.24, 2.45) is 4.99 Å². The molecule has 0 unspecified atom stereocenters. The third-order valence-electron chi connectivity index (χ3n) is 1.52. The van der Waals surface area contributed by atoms with Gasteiger partial charge in [-0.15, -0.1) is 0 Å². The summed E-state index contributed by atoms with van der Waals surface area (Å²) in [7, 11) is 0. The molecule has 0 spiro atoms. The average Bonchev–Trinajstić information content (AvgIpc) is 2.05. The monoisotopic (exact) mass is 182 g/mol. The molecule has 2 rings (SSSR count). The van der Waals surface area contributed by atoms with Crippen LogP contribution in [0.15, 0.2) is 28.1 Å².